The van der Waals surface area contributed by atoms with Crippen LogP contribution in [0.2, 0.25) is 0 Å². The van der Waals surface area contributed by atoms with Crippen molar-refractivity contribution in [3.8, 4) is 0 Å². The summed E-state index contributed by atoms with van der Waals surface area (Å²) in [7, 11) is 0. The van der Waals surface area contributed by atoms with Gasteiger partial charge in [0, 0.05) is 12.1 Å². The van der Waals surface area contributed by atoms with Crippen molar-refractivity contribution in [2.24, 2.45) is 10.7 Å². The summed E-state index contributed by atoms with van der Waals surface area (Å²) in [4.78, 5) is 6.06. The Balaban J connectivity index is 2.30. The average Bonchev–Trinajstić information content (AvgIpc) is 2.60. The third-order valence-electron chi connectivity index (χ3n) is 2.70. The van der Waals surface area contributed by atoms with Crippen LogP contribution in [0.4, 0.5) is 4.39 Å². The van der Waals surface area contributed by atoms with Crippen LogP contribution in [-0.4, -0.2) is 23.9 Å². The van der Waals surface area contributed by atoms with Crippen LogP contribution in [0.15, 0.2) is 29.3 Å². The number of nitrogens with two attached hydrogens (primary N) is 1. The minimum atomic E-state index is -0.189. The van der Waals surface area contributed by atoms with E-state index in [0.29, 0.717) is 18.1 Å². The van der Waals surface area contributed by atoms with Gasteiger partial charge in [-0.15, -0.1) is 0 Å². The molecule has 1 atom stereocenters. The van der Waals surface area contributed by atoms with E-state index in [1.54, 1.807) is 12.1 Å². The highest BCUT2D eigenvalue weighted by Gasteiger charge is 2.27. The first-order chi connectivity index (χ1) is 7.24. The summed E-state index contributed by atoms with van der Waals surface area (Å²) in [6, 6.07) is 6.74. The van der Waals surface area contributed by atoms with Gasteiger partial charge in [-0.25, -0.2) is 4.39 Å². The average molecular weight is 207 g/mol. The zero-order chi connectivity index (χ0) is 10.8. The summed E-state index contributed by atoms with van der Waals surface area (Å²) in [5.74, 6) is 0.316. The van der Waals surface area contributed by atoms with Crippen LogP contribution in [0.1, 0.15) is 18.5 Å². The molecule has 1 aliphatic rings. The van der Waals surface area contributed by atoms with Crippen molar-refractivity contribution in [1.82, 2.24) is 4.90 Å². The van der Waals surface area contributed by atoms with Gasteiger partial charge in [-0.2, -0.15) is 0 Å². The predicted octanol–water partition coefficient (Wildman–Crippen LogP) is 1.52. The van der Waals surface area contributed by atoms with Crippen LogP contribution in [0.5, 0.6) is 0 Å². The normalized spacial score (nSPS) is 20.5. The number of rotatable bonds is 2. The van der Waals surface area contributed by atoms with Crippen LogP contribution >= 0.6 is 0 Å². The Kier molecular flexibility index (Phi) is 2.58. The second-order valence-electron chi connectivity index (χ2n) is 3.52. The third kappa shape index (κ3) is 1.67. The Labute approximate surface area is 88.4 Å². The van der Waals surface area contributed by atoms with E-state index in [4.69, 9.17) is 5.73 Å². The fraction of sp³-hybridized carbons (Fsp3) is 0.364. The second kappa shape index (κ2) is 3.88. The Hall–Kier alpha value is -1.58. The van der Waals surface area contributed by atoms with Gasteiger partial charge in [0.2, 0.25) is 0 Å². The minimum Gasteiger partial charge on any atom is -0.370 e. The summed E-state index contributed by atoms with van der Waals surface area (Å²) in [6.07, 6.45) is 0. The molecule has 1 aromatic carbocycles. The number of aliphatic imine (C=N–C) groups is 1. The SMILES string of the molecule is CCN1C(N)=NCC1c1ccccc1F. The molecule has 0 fully saturated rings. The maximum absolute atomic E-state index is 13.6. The van der Waals surface area contributed by atoms with Gasteiger partial charge in [0.25, 0.3) is 0 Å². The number of nitrogens with zero attached hydrogens (tertiary/aromatic N) is 2. The largest absolute Gasteiger partial charge is 0.370 e. The minimum absolute atomic E-state index is 0.0452. The van der Waals surface area contributed by atoms with Gasteiger partial charge in [0.05, 0.1) is 12.6 Å². The maximum atomic E-state index is 13.6. The molecule has 1 unspecified atom stereocenters. The molecule has 4 heteroatoms. The van der Waals surface area contributed by atoms with Crippen molar-refractivity contribution >= 4 is 5.96 Å². The third-order valence-corrected chi connectivity index (χ3v) is 2.70. The van der Waals surface area contributed by atoms with Crippen molar-refractivity contribution in [3.05, 3.63) is 35.6 Å². The van der Waals surface area contributed by atoms with E-state index < -0.39 is 0 Å². The molecule has 0 amide bonds. The standard InChI is InChI=1S/C11H14FN3/c1-2-15-10(7-14-11(15)13)8-5-3-4-6-9(8)12/h3-6,10H,2,7H2,1H3,(H2,13,14). The van der Waals surface area contributed by atoms with E-state index in [9.17, 15) is 4.39 Å². The number of hydrogen-bond donors (Lipinski definition) is 1. The lowest BCUT2D eigenvalue weighted by molar-refractivity contribution is 0.354. The van der Waals surface area contributed by atoms with Crippen molar-refractivity contribution in [2.75, 3.05) is 13.1 Å². The summed E-state index contributed by atoms with van der Waals surface area (Å²) in [5, 5.41) is 0. The topological polar surface area (TPSA) is 41.6 Å². The van der Waals surface area contributed by atoms with Gasteiger partial charge in [0.1, 0.15) is 5.82 Å². The lowest BCUT2D eigenvalue weighted by Gasteiger charge is -2.25. The molecule has 0 saturated carbocycles. The van der Waals surface area contributed by atoms with E-state index in [1.807, 2.05) is 17.9 Å². The molecular weight excluding hydrogens is 193 g/mol. The molecule has 3 nitrogen and oxygen atoms in total. The first-order valence-corrected chi connectivity index (χ1v) is 5.05. The highest BCUT2D eigenvalue weighted by Crippen LogP contribution is 2.26. The van der Waals surface area contributed by atoms with Gasteiger partial charge in [-0.05, 0) is 13.0 Å². The fourth-order valence-corrected chi connectivity index (χ4v) is 1.92. The van der Waals surface area contributed by atoms with Crippen LogP contribution in [-0.2, 0) is 0 Å². The smallest absolute Gasteiger partial charge is 0.191 e. The van der Waals surface area contributed by atoms with Gasteiger partial charge in [-0.3, -0.25) is 4.99 Å². The summed E-state index contributed by atoms with van der Waals surface area (Å²) in [6.45, 7) is 3.27. The molecular formula is C11H14FN3. The summed E-state index contributed by atoms with van der Waals surface area (Å²) in [5.41, 5.74) is 6.39. The van der Waals surface area contributed by atoms with E-state index in [0.717, 1.165) is 6.54 Å². The molecule has 2 rings (SSSR count). The lowest BCUT2D eigenvalue weighted by Crippen LogP contribution is -2.36. The first kappa shape index (κ1) is 9.96. The zero-order valence-electron chi connectivity index (χ0n) is 8.65. The molecule has 0 radical (unpaired) electrons. The van der Waals surface area contributed by atoms with Crippen LogP contribution in [0.3, 0.4) is 0 Å². The second-order valence-corrected chi connectivity index (χ2v) is 3.52. The highest BCUT2D eigenvalue weighted by atomic mass is 19.1. The number of guanidine groups is 1. The Morgan fingerprint density at radius 1 is 1.53 bits per heavy atom. The molecule has 0 bridgehead atoms. The molecule has 15 heavy (non-hydrogen) atoms. The predicted molar refractivity (Wildman–Crippen MR) is 58.0 cm³/mol. The first-order valence-electron chi connectivity index (χ1n) is 5.05. The Bertz CT molecular complexity index is 389. The molecule has 1 heterocycles. The lowest BCUT2D eigenvalue weighted by atomic mass is 10.1. The van der Waals surface area contributed by atoms with Gasteiger partial charge in [0.15, 0.2) is 5.96 Å². The van der Waals surface area contributed by atoms with E-state index in [1.165, 1.54) is 6.07 Å². The van der Waals surface area contributed by atoms with Crippen LogP contribution < -0.4 is 5.73 Å². The number of halogens is 1. The van der Waals surface area contributed by atoms with Crippen molar-refractivity contribution in [3.63, 3.8) is 0 Å². The quantitative estimate of drug-likeness (QED) is 0.798. The Morgan fingerprint density at radius 2 is 2.27 bits per heavy atom. The van der Waals surface area contributed by atoms with E-state index in [-0.39, 0.29) is 11.9 Å². The van der Waals surface area contributed by atoms with Gasteiger partial charge >= 0.3 is 0 Å². The maximum Gasteiger partial charge on any atom is 0.191 e. The molecule has 1 aromatic rings. The number of benzene rings is 1. The number of hydrogen-bond acceptors (Lipinski definition) is 3. The number of likely N-dealkylation sites (N-methyl/N-ethyl adjacent to an activating group) is 1. The molecule has 1 aliphatic heterocycles. The van der Waals surface area contributed by atoms with E-state index >= 15 is 0 Å². The van der Waals surface area contributed by atoms with Gasteiger partial charge in [-0.1, -0.05) is 18.2 Å². The van der Waals surface area contributed by atoms with Gasteiger partial charge < -0.3 is 10.6 Å². The zero-order valence-corrected chi connectivity index (χ0v) is 8.65. The van der Waals surface area contributed by atoms with Crippen molar-refractivity contribution in [1.29, 1.82) is 0 Å². The van der Waals surface area contributed by atoms with Crippen molar-refractivity contribution < 1.29 is 4.39 Å². The van der Waals surface area contributed by atoms with Crippen molar-refractivity contribution in [2.45, 2.75) is 13.0 Å². The summed E-state index contributed by atoms with van der Waals surface area (Å²) < 4.78 is 13.6. The molecule has 0 spiro atoms. The monoisotopic (exact) mass is 207 g/mol. The molecule has 0 aromatic heterocycles. The van der Waals surface area contributed by atoms with Crippen LogP contribution in [0, 0.1) is 5.82 Å². The highest BCUT2D eigenvalue weighted by molar-refractivity contribution is 5.80. The molecule has 0 aliphatic carbocycles. The summed E-state index contributed by atoms with van der Waals surface area (Å²) >= 11 is 0. The van der Waals surface area contributed by atoms with Crippen LogP contribution in [0.25, 0.3) is 0 Å². The Morgan fingerprint density at radius 3 is 2.93 bits per heavy atom. The van der Waals surface area contributed by atoms with E-state index in [2.05, 4.69) is 4.99 Å². The fourth-order valence-electron chi connectivity index (χ4n) is 1.92. The molecule has 0 saturated heterocycles. The molecule has 80 valence electrons. The molecule has 2 N–H and O–H groups in total.